The molecule has 28 heavy (non-hydrogen) atoms. The van der Waals surface area contributed by atoms with E-state index < -0.39 is 12.0 Å². The van der Waals surface area contributed by atoms with Gasteiger partial charge in [0.1, 0.15) is 11.8 Å². The highest BCUT2D eigenvalue weighted by Crippen LogP contribution is 2.44. The van der Waals surface area contributed by atoms with Crippen molar-refractivity contribution in [3.8, 4) is 5.75 Å². The summed E-state index contributed by atoms with van der Waals surface area (Å²) in [5.41, 5.74) is 2.15. The van der Waals surface area contributed by atoms with E-state index in [0.29, 0.717) is 13.0 Å². The number of hydrogen-bond donors (Lipinski definition) is 1. The van der Waals surface area contributed by atoms with Gasteiger partial charge in [-0.15, -0.1) is 11.3 Å². The lowest BCUT2D eigenvalue weighted by molar-refractivity contribution is -0.142. The van der Waals surface area contributed by atoms with Crippen molar-refractivity contribution >= 4 is 43.3 Å². The first-order valence-corrected chi connectivity index (χ1v) is 11.1. The molecule has 2 aromatic carbocycles. The van der Waals surface area contributed by atoms with Crippen molar-refractivity contribution in [2.24, 2.45) is 0 Å². The Labute approximate surface area is 176 Å². The molecule has 2 unspecified atom stereocenters. The number of benzene rings is 2. The van der Waals surface area contributed by atoms with Gasteiger partial charge in [0.05, 0.1) is 12.6 Å². The first kappa shape index (κ1) is 19.4. The summed E-state index contributed by atoms with van der Waals surface area (Å²) in [6.45, 7) is 3.29. The van der Waals surface area contributed by atoms with Crippen LogP contribution in [0.1, 0.15) is 36.9 Å². The van der Waals surface area contributed by atoms with Crippen LogP contribution >= 0.6 is 27.3 Å². The standard InChI is InChI=1S/C22H22BrNO3S/c1-2-27-19-10-9-14(23)12-16(19)21(24-11-5-7-18(24)22(25)26)17-13-28-20-8-4-3-6-15(17)20/h3-4,6,8-10,12-13,18,21H,2,5,7,11H2,1H3,(H,25,26). The Balaban J connectivity index is 1.92. The van der Waals surface area contributed by atoms with Crippen molar-refractivity contribution in [3.05, 3.63) is 63.4 Å². The molecule has 4 rings (SSSR count). The van der Waals surface area contributed by atoms with Crippen LogP contribution in [0.3, 0.4) is 0 Å². The molecule has 1 saturated heterocycles. The number of carboxylic acids is 1. The molecule has 0 radical (unpaired) electrons. The van der Waals surface area contributed by atoms with Crippen LogP contribution in [-0.4, -0.2) is 35.2 Å². The summed E-state index contributed by atoms with van der Waals surface area (Å²) >= 11 is 5.30. The molecule has 1 fully saturated rings. The maximum absolute atomic E-state index is 12.0. The summed E-state index contributed by atoms with van der Waals surface area (Å²) in [5.74, 6) is 0.0528. The molecule has 2 atom stereocenters. The van der Waals surface area contributed by atoms with Gasteiger partial charge in [-0.2, -0.15) is 0 Å². The summed E-state index contributed by atoms with van der Waals surface area (Å²) in [5, 5.41) is 13.2. The van der Waals surface area contributed by atoms with Gasteiger partial charge in [-0.05, 0) is 60.4 Å². The second-order valence-electron chi connectivity index (χ2n) is 6.94. The predicted molar refractivity (Wildman–Crippen MR) is 116 cm³/mol. The molecule has 0 amide bonds. The number of nitrogens with zero attached hydrogens (tertiary/aromatic N) is 1. The molecule has 6 heteroatoms. The smallest absolute Gasteiger partial charge is 0.320 e. The van der Waals surface area contributed by atoms with Crippen molar-refractivity contribution in [2.45, 2.75) is 31.8 Å². The molecule has 146 valence electrons. The van der Waals surface area contributed by atoms with E-state index in [4.69, 9.17) is 4.74 Å². The molecule has 3 aromatic rings. The molecule has 2 heterocycles. The summed E-state index contributed by atoms with van der Waals surface area (Å²) in [6.07, 6.45) is 1.55. The van der Waals surface area contributed by atoms with Crippen LogP contribution in [0, 0.1) is 0 Å². The number of halogens is 1. The molecule has 0 bridgehead atoms. The van der Waals surface area contributed by atoms with Crippen molar-refractivity contribution in [2.75, 3.05) is 13.2 Å². The number of hydrogen-bond acceptors (Lipinski definition) is 4. The Morgan fingerprint density at radius 3 is 2.93 bits per heavy atom. The molecular formula is C22H22BrNO3S. The van der Waals surface area contributed by atoms with Crippen LogP contribution in [0.4, 0.5) is 0 Å². The van der Waals surface area contributed by atoms with E-state index in [1.165, 1.54) is 10.1 Å². The number of ether oxygens (including phenoxy) is 1. The minimum atomic E-state index is -0.755. The molecule has 4 nitrogen and oxygen atoms in total. The van der Waals surface area contributed by atoms with E-state index in [-0.39, 0.29) is 6.04 Å². The van der Waals surface area contributed by atoms with E-state index in [9.17, 15) is 9.90 Å². The van der Waals surface area contributed by atoms with Gasteiger partial charge < -0.3 is 9.84 Å². The van der Waals surface area contributed by atoms with E-state index in [1.54, 1.807) is 11.3 Å². The number of aliphatic carboxylic acids is 1. The second kappa shape index (κ2) is 8.23. The predicted octanol–water partition coefficient (Wildman–Crippen LogP) is 5.70. The summed E-state index contributed by atoms with van der Waals surface area (Å²) in [6, 6.07) is 13.7. The molecule has 0 aliphatic carbocycles. The van der Waals surface area contributed by atoms with Crippen molar-refractivity contribution < 1.29 is 14.6 Å². The minimum absolute atomic E-state index is 0.168. The highest BCUT2D eigenvalue weighted by Gasteiger charge is 2.38. The van der Waals surface area contributed by atoms with Crippen molar-refractivity contribution in [3.63, 3.8) is 0 Å². The van der Waals surface area contributed by atoms with Gasteiger partial charge in [-0.25, -0.2) is 0 Å². The van der Waals surface area contributed by atoms with Crippen molar-refractivity contribution in [1.82, 2.24) is 4.90 Å². The number of likely N-dealkylation sites (tertiary alicyclic amines) is 1. The molecule has 1 N–H and O–H groups in total. The van der Waals surface area contributed by atoms with E-state index in [0.717, 1.165) is 34.3 Å². The Hall–Kier alpha value is -1.89. The number of carbonyl (C=O) groups is 1. The second-order valence-corrected chi connectivity index (χ2v) is 8.77. The first-order chi connectivity index (χ1) is 13.6. The van der Waals surface area contributed by atoms with Gasteiger partial charge in [0.2, 0.25) is 0 Å². The van der Waals surface area contributed by atoms with Gasteiger partial charge in [-0.3, -0.25) is 9.69 Å². The lowest BCUT2D eigenvalue weighted by Gasteiger charge is -2.32. The van der Waals surface area contributed by atoms with Gasteiger partial charge in [-0.1, -0.05) is 34.1 Å². The lowest BCUT2D eigenvalue weighted by atomic mass is 9.95. The Morgan fingerprint density at radius 1 is 1.32 bits per heavy atom. The SMILES string of the molecule is CCOc1ccc(Br)cc1C(c1csc2ccccc12)N1CCCC1C(=O)O. The Kier molecular flexibility index (Phi) is 5.71. The first-order valence-electron chi connectivity index (χ1n) is 9.47. The Bertz CT molecular complexity index is 1000. The monoisotopic (exact) mass is 459 g/mol. The molecule has 1 aromatic heterocycles. The topological polar surface area (TPSA) is 49.8 Å². The minimum Gasteiger partial charge on any atom is -0.494 e. The van der Waals surface area contributed by atoms with Gasteiger partial charge in [0.15, 0.2) is 0 Å². The molecule has 1 aliphatic rings. The number of carboxylic acid groups (broad SMARTS) is 1. The van der Waals surface area contributed by atoms with Crippen LogP contribution < -0.4 is 4.74 Å². The van der Waals surface area contributed by atoms with Crippen LogP contribution in [-0.2, 0) is 4.79 Å². The third-order valence-electron chi connectivity index (χ3n) is 5.28. The average molecular weight is 460 g/mol. The molecule has 0 saturated carbocycles. The third-order valence-corrected chi connectivity index (χ3v) is 6.76. The molecule has 1 aliphatic heterocycles. The quantitative estimate of drug-likeness (QED) is 0.513. The van der Waals surface area contributed by atoms with E-state index in [2.05, 4.69) is 44.4 Å². The van der Waals surface area contributed by atoms with Crippen LogP contribution in [0.15, 0.2) is 52.3 Å². The average Bonchev–Trinajstić information content (AvgIpc) is 3.32. The third kappa shape index (κ3) is 3.56. The molecule has 0 spiro atoms. The van der Waals surface area contributed by atoms with E-state index in [1.807, 2.05) is 31.2 Å². The molecular weight excluding hydrogens is 438 g/mol. The summed E-state index contributed by atoms with van der Waals surface area (Å²) < 4.78 is 8.12. The zero-order valence-electron chi connectivity index (χ0n) is 15.6. The largest absolute Gasteiger partial charge is 0.494 e. The maximum Gasteiger partial charge on any atom is 0.320 e. The normalized spacial score (nSPS) is 18.4. The fourth-order valence-electron chi connectivity index (χ4n) is 4.12. The summed E-state index contributed by atoms with van der Waals surface area (Å²) in [4.78, 5) is 14.1. The zero-order chi connectivity index (χ0) is 19.7. The zero-order valence-corrected chi connectivity index (χ0v) is 18.0. The van der Waals surface area contributed by atoms with Crippen LogP contribution in [0.2, 0.25) is 0 Å². The summed E-state index contributed by atoms with van der Waals surface area (Å²) in [7, 11) is 0. The highest BCUT2D eigenvalue weighted by atomic mass is 79.9. The van der Waals surface area contributed by atoms with Crippen LogP contribution in [0.5, 0.6) is 5.75 Å². The van der Waals surface area contributed by atoms with E-state index >= 15 is 0 Å². The maximum atomic E-state index is 12.0. The fraction of sp³-hybridized carbons (Fsp3) is 0.318. The van der Waals surface area contributed by atoms with Crippen LogP contribution in [0.25, 0.3) is 10.1 Å². The van der Waals surface area contributed by atoms with Gasteiger partial charge in [0, 0.05) is 21.3 Å². The Morgan fingerprint density at radius 2 is 2.14 bits per heavy atom. The fourth-order valence-corrected chi connectivity index (χ4v) is 5.48. The lowest BCUT2D eigenvalue weighted by Crippen LogP contribution is -2.39. The number of rotatable bonds is 6. The number of thiophene rings is 1. The number of fused-ring (bicyclic) bond motifs is 1. The van der Waals surface area contributed by atoms with Gasteiger partial charge >= 0.3 is 5.97 Å². The van der Waals surface area contributed by atoms with Gasteiger partial charge in [0.25, 0.3) is 0 Å². The highest BCUT2D eigenvalue weighted by molar-refractivity contribution is 9.10. The van der Waals surface area contributed by atoms with Crippen molar-refractivity contribution in [1.29, 1.82) is 0 Å².